The molecule has 2 aliphatic rings. The summed E-state index contributed by atoms with van der Waals surface area (Å²) >= 11 is 0. The highest BCUT2D eigenvalue weighted by molar-refractivity contribution is 5.78. The number of hydrogen-bond donors (Lipinski definition) is 2. The van der Waals surface area contributed by atoms with Crippen LogP contribution in [0.4, 0.5) is 0 Å². The fraction of sp³-hybridized carbons (Fsp3) is 0.938. The third-order valence-electron chi connectivity index (χ3n) is 5.37. The van der Waals surface area contributed by atoms with Crippen molar-refractivity contribution in [1.82, 2.24) is 15.1 Å². The highest BCUT2D eigenvalue weighted by atomic mass is 16.1. The number of piperazine rings is 1. The number of carbonyl (C=O) groups excluding carboxylic acids is 1. The molecule has 1 heterocycles. The van der Waals surface area contributed by atoms with E-state index < -0.39 is 0 Å². The highest BCUT2D eigenvalue weighted by Crippen LogP contribution is 2.29. The van der Waals surface area contributed by atoms with Gasteiger partial charge in [0.05, 0.1) is 0 Å². The van der Waals surface area contributed by atoms with E-state index in [1.165, 1.54) is 6.42 Å². The van der Waals surface area contributed by atoms with Gasteiger partial charge < -0.3 is 16.0 Å². The maximum atomic E-state index is 12.4. The highest BCUT2D eigenvalue weighted by Gasteiger charge is 2.29. The van der Waals surface area contributed by atoms with Gasteiger partial charge >= 0.3 is 0 Å². The van der Waals surface area contributed by atoms with Crippen LogP contribution in [-0.2, 0) is 4.79 Å². The second kappa shape index (κ2) is 7.56. The van der Waals surface area contributed by atoms with Crippen LogP contribution in [0.25, 0.3) is 0 Å². The number of amides is 1. The summed E-state index contributed by atoms with van der Waals surface area (Å²) < 4.78 is 0. The SMILES string of the molecule is CC(C(=O)NCC1CN(C)CCN1C)C1CCCC(N)C1. The molecule has 0 aromatic carbocycles. The number of likely N-dealkylation sites (N-methyl/N-ethyl adjacent to an activating group) is 2. The zero-order chi connectivity index (χ0) is 15.4. The number of rotatable bonds is 4. The zero-order valence-corrected chi connectivity index (χ0v) is 13.8. The minimum Gasteiger partial charge on any atom is -0.354 e. The first-order chi connectivity index (χ1) is 9.97. The van der Waals surface area contributed by atoms with Crippen LogP contribution in [0, 0.1) is 11.8 Å². The van der Waals surface area contributed by atoms with E-state index >= 15 is 0 Å². The Kier molecular flexibility index (Phi) is 6.02. The van der Waals surface area contributed by atoms with Gasteiger partial charge in [0.2, 0.25) is 5.91 Å². The van der Waals surface area contributed by atoms with E-state index in [4.69, 9.17) is 5.73 Å². The van der Waals surface area contributed by atoms with Gasteiger partial charge in [-0.25, -0.2) is 0 Å². The predicted octanol–water partition coefficient (Wildman–Crippen LogP) is 0.502. The van der Waals surface area contributed by atoms with Crippen molar-refractivity contribution >= 4 is 5.91 Å². The summed E-state index contributed by atoms with van der Waals surface area (Å²) in [5.74, 6) is 0.749. The molecule has 2 fully saturated rings. The molecule has 2 rings (SSSR count). The Hall–Kier alpha value is -0.650. The molecule has 3 N–H and O–H groups in total. The molecule has 1 aliphatic heterocycles. The van der Waals surface area contributed by atoms with Crippen molar-refractivity contribution in [2.75, 3.05) is 40.3 Å². The van der Waals surface area contributed by atoms with Gasteiger partial charge in [0.1, 0.15) is 0 Å². The molecule has 1 aliphatic carbocycles. The minimum absolute atomic E-state index is 0.0861. The van der Waals surface area contributed by atoms with Gasteiger partial charge in [-0.2, -0.15) is 0 Å². The Bertz CT molecular complexity index is 349. The zero-order valence-electron chi connectivity index (χ0n) is 13.8. The van der Waals surface area contributed by atoms with Crippen LogP contribution in [0.1, 0.15) is 32.6 Å². The van der Waals surface area contributed by atoms with Crippen LogP contribution in [0.3, 0.4) is 0 Å². The molecule has 0 spiro atoms. The summed E-state index contributed by atoms with van der Waals surface area (Å²) in [5, 5.41) is 3.17. The van der Waals surface area contributed by atoms with E-state index in [1.54, 1.807) is 0 Å². The number of carbonyl (C=O) groups is 1. The molecule has 1 amide bonds. The van der Waals surface area contributed by atoms with Crippen molar-refractivity contribution in [3.05, 3.63) is 0 Å². The molecule has 5 nitrogen and oxygen atoms in total. The summed E-state index contributed by atoms with van der Waals surface area (Å²) in [6.07, 6.45) is 4.43. The van der Waals surface area contributed by atoms with Gasteiger partial charge in [-0.3, -0.25) is 9.69 Å². The Labute approximate surface area is 129 Å². The minimum atomic E-state index is 0.0861. The van der Waals surface area contributed by atoms with Gasteiger partial charge in [-0.05, 0) is 39.3 Å². The first kappa shape index (κ1) is 16.7. The summed E-state index contributed by atoms with van der Waals surface area (Å²) in [6.45, 7) is 6.03. The van der Waals surface area contributed by atoms with Gasteiger partial charge in [0.15, 0.2) is 0 Å². The van der Waals surface area contributed by atoms with E-state index in [0.29, 0.717) is 12.0 Å². The van der Waals surface area contributed by atoms with Crippen molar-refractivity contribution in [2.45, 2.75) is 44.7 Å². The lowest BCUT2D eigenvalue weighted by molar-refractivity contribution is -0.126. The number of nitrogens with two attached hydrogens (primary N) is 1. The van der Waals surface area contributed by atoms with E-state index in [9.17, 15) is 4.79 Å². The molecule has 1 saturated carbocycles. The van der Waals surface area contributed by atoms with E-state index in [-0.39, 0.29) is 17.9 Å². The van der Waals surface area contributed by atoms with Gasteiger partial charge in [-0.15, -0.1) is 0 Å². The van der Waals surface area contributed by atoms with Crippen molar-refractivity contribution in [1.29, 1.82) is 0 Å². The summed E-state index contributed by atoms with van der Waals surface area (Å²) in [6, 6.07) is 0.714. The van der Waals surface area contributed by atoms with Gasteiger partial charge in [-0.1, -0.05) is 13.3 Å². The van der Waals surface area contributed by atoms with Gasteiger partial charge in [0, 0.05) is 44.2 Å². The Morgan fingerprint density at radius 3 is 2.81 bits per heavy atom. The smallest absolute Gasteiger partial charge is 0.223 e. The second-order valence-electron chi connectivity index (χ2n) is 7.12. The maximum Gasteiger partial charge on any atom is 0.223 e. The Morgan fingerprint density at radius 1 is 1.33 bits per heavy atom. The fourth-order valence-electron chi connectivity index (χ4n) is 3.64. The number of nitrogens with zero attached hydrogens (tertiary/aromatic N) is 2. The van der Waals surface area contributed by atoms with Crippen LogP contribution >= 0.6 is 0 Å². The summed E-state index contributed by atoms with van der Waals surface area (Å²) in [7, 11) is 4.29. The third kappa shape index (κ3) is 4.66. The van der Waals surface area contributed by atoms with E-state index in [1.807, 2.05) is 0 Å². The predicted molar refractivity (Wildman–Crippen MR) is 86.0 cm³/mol. The lowest BCUT2D eigenvalue weighted by atomic mass is 9.78. The standard InChI is InChI=1S/C16H32N4O/c1-12(13-5-4-6-14(17)9-13)16(21)18-10-15-11-19(2)7-8-20(15)3/h12-15H,4-11,17H2,1-3H3,(H,18,21). The molecule has 0 radical (unpaired) electrons. The monoisotopic (exact) mass is 296 g/mol. The van der Waals surface area contributed by atoms with E-state index in [0.717, 1.165) is 45.4 Å². The molecular weight excluding hydrogens is 264 g/mol. The quantitative estimate of drug-likeness (QED) is 0.793. The normalized spacial score (nSPS) is 33.6. The molecule has 4 unspecified atom stereocenters. The molecule has 0 bridgehead atoms. The lowest BCUT2D eigenvalue weighted by Crippen LogP contribution is -2.55. The van der Waals surface area contributed by atoms with Crippen LogP contribution in [0.15, 0.2) is 0 Å². The van der Waals surface area contributed by atoms with Crippen LogP contribution in [0.5, 0.6) is 0 Å². The average molecular weight is 296 g/mol. The van der Waals surface area contributed by atoms with Crippen LogP contribution < -0.4 is 11.1 Å². The van der Waals surface area contributed by atoms with Crippen molar-refractivity contribution in [3.63, 3.8) is 0 Å². The molecule has 4 atom stereocenters. The van der Waals surface area contributed by atoms with Crippen LogP contribution in [0.2, 0.25) is 0 Å². The average Bonchev–Trinajstić information content (AvgIpc) is 2.47. The Morgan fingerprint density at radius 2 is 2.10 bits per heavy atom. The van der Waals surface area contributed by atoms with E-state index in [2.05, 4.69) is 36.1 Å². The van der Waals surface area contributed by atoms with Crippen LogP contribution in [-0.4, -0.2) is 68.1 Å². The lowest BCUT2D eigenvalue weighted by Gasteiger charge is -2.38. The Balaban J connectivity index is 1.78. The molecular formula is C16H32N4O. The largest absolute Gasteiger partial charge is 0.354 e. The first-order valence-electron chi connectivity index (χ1n) is 8.39. The molecule has 0 aromatic heterocycles. The maximum absolute atomic E-state index is 12.4. The summed E-state index contributed by atoms with van der Waals surface area (Å²) in [4.78, 5) is 17.1. The fourth-order valence-corrected chi connectivity index (χ4v) is 3.64. The number of nitrogens with one attached hydrogen (secondary N) is 1. The van der Waals surface area contributed by atoms with Crippen molar-refractivity contribution < 1.29 is 4.79 Å². The van der Waals surface area contributed by atoms with Gasteiger partial charge in [0.25, 0.3) is 0 Å². The molecule has 122 valence electrons. The molecule has 5 heteroatoms. The van der Waals surface area contributed by atoms with Crippen molar-refractivity contribution in [2.24, 2.45) is 17.6 Å². The summed E-state index contributed by atoms with van der Waals surface area (Å²) in [5.41, 5.74) is 6.04. The second-order valence-corrected chi connectivity index (χ2v) is 7.12. The topological polar surface area (TPSA) is 61.6 Å². The number of hydrogen-bond acceptors (Lipinski definition) is 4. The third-order valence-corrected chi connectivity index (χ3v) is 5.37. The molecule has 1 saturated heterocycles. The first-order valence-corrected chi connectivity index (χ1v) is 8.39. The van der Waals surface area contributed by atoms with Crippen molar-refractivity contribution in [3.8, 4) is 0 Å². The molecule has 0 aromatic rings. The molecule has 21 heavy (non-hydrogen) atoms.